The van der Waals surface area contributed by atoms with Crippen LogP contribution in [0.5, 0.6) is 5.75 Å². The van der Waals surface area contributed by atoms with Gasteiger partial charge in [-0.05, 0) is 62.0 Å². The molecule has 0 fully saturated rings. The first-order valence-corrected chi connectivity index (χ1v) is 7.94. The van der Waals surface area contributed by atoms with Crippen molar-refractivity contribution in [2.75, 3.05) is 0 Å². The van der Waals surface area contributed by atoms with Crippen LogP contribution in [-0.4, -0.2) is 0 Å². The first-order chi connectivity index (χ1) is 9.10. The third-order valence-corrected chi connectivity index (χ3v) is 4.16. The fourth-order valence-electron chi connectivity index (χ4n) is 1.78. The van der Waals surface area contributed by atoms with Gasteiger partial charge in [0.05, 0.1) is 8.95 Å². The van der Waals surface area contributed by atoms with Crippen LogP contribution >= 0.6 is 43.5 Å². The molecule has 0 unspecified atom stereocenters. The van der Waals surface area contributed by atoms with Gasteiger partial charge in [0.1, 0.15) is 12.4 Å². The molecule has 0 N–H and O–H groups in total. The fourth-order valence-corrected chi connectivity index (χ4v) is 3.45. The summed E-state index contributed by atoms with van der Waals surface area (Å²) in [7, 11) is 0. The van der Waals surface area contributed by atoms with Crippen LogP contribution in [0.3, 0.4) is 0 Å². The zero-order valence-corrected chi connectivity index (χ0v) is 14.3. The van der Waals surface area contributed by atoms with Gasteiger partial charge in [0.2, 0.25) is 0 Å². The van der Waals surface area contributed by atoms with E-state index in [1.165, 1.54) is 5.56 Å². The molecule has 19 heavy (non-hydrogen) atoms. The van der Waals surface area contributed by atoms with Crippen molar-refractivity contribution in [3.05, 3.63) is 62.0 Å². The fraction of sp³-hybridized carbons (Fsp3) is 0.200. The third kappa shape index (κ3) is 3.98. The van der Waals surface area contributed by atoms with Crippen LogP contribution in [0.15, 0.2) is 45.3 Å². The van der Waals surface area contributed by atoms with E-state index in [4.69, 9.17) is 16.3 Å². The van der Waals surface area contributed by atoms with Crippen LogP contribution in [0, 0.1) is 6.92 Å². The molecule has 0 aliphatic carbocycles. The molecular formula is C15H13Br2ClO. The first-order valence-electron chi connectivity index (χ1n) is 5.82. The van der Waals surface area contributed by atoms with Gasteiger partial charge in [-0.15, -0.1) is 11.6 Å². The smallest absolute Gasteiger partial charge is 0.148 e. The van der Waals surface area contributed by atoms with E-state index in [9.17, 15) is 0 Å². The Morgan fingerprint density at radius 1 is 1.05 bits per heavy atom. The largest absolute Gasteiger partial charge is 0.487 e. The van der Waals surface area contributed by atoms with Gasteiger partial charge in [-0.3, -0.25) is 0 Å². The topological polar surface area (TPSA) is 9.23 Å². The second-order valence-electron chi connectivity index (χ2n) is 4.30. The predicted octanol–water partition coefficient (Wildman–Crippen LogP) is 5.84. The minimum absolute atomic E-state index is 0.482. The monoisotopic (exact) mass is 402 g/mol. The number of ether oxygens (including phenoxy) is 1. The molecule has 4 heteroatoms. The van der Waals surface area contributed by atoms with Gasteiger partial charge in [0.15, 0.2) is 0 Å². The summed E-state index contributed by atoms with van der Waals surface area (Å²) in [6.45, 7) is 2.61. The van der Waals surface area contributed by atoms with E-state index in [1.807, 2.05) is 18.2 Å². The van der Waals surface area contributed by atoms with E-state index in [0.717, 1.165) is 25.8 Å². The molecule has 0 aromatic heterocycles. The molecule has 0 saturated carbocycles. The number of benzene rings is 2. The lowest BCUT2D eigenvalue weighted by Gasteiger charge is -2.12. The second kappa shape index (κ2) is 6.78. The maximum atomic E-state index is 5.87. The molecule has 0 aliphatic rings. The molecule has 0 saturated heterocycles. The highest BCUT2D eigenvalue weighted by Gasteiger charge is 2.09. The van der Waals surface area contributed by atoms with Gasteiger partial charge in [0.25, 0.3) is 0 Å². The zero-order chi connectivity index (χ0) is 13.8. The summed E-state index contributed by atoms with van der Waals surface area (Å²) in [6.07, 6.45) is 0. The molecule has 0 heterocycles. The summed E-state index contributed by atoms with van der Waals surface area (Å²) in [5.74, 6) is 1.28. The lowest BCUT2D eigenvalue weighted by atomic mass is 10.1. The lowest BCUT2D eigenvalue weighted by Crippen LogP contribution is -1.98. The average molecular weight is 405 g/mol. The SMILES string of the molecule is Cc1cccc(COc2c(Br)cc(CCl)cc2Br)c1. The van der Waals surface area contributed by atoms with Crippen LogP contribution in [0.2, 0.25) is 0 Å². The van der Waals surface area contributed by atoms with Crippen LogP contribution in [0.25, 0.3) is 0 Å². The number of alkyl halides is 1. The normalized spacial score (nSPS) is 10.5. The van der Waals surface area contributed by atoms with Crippen LogP contribution in [0.1, 0.15) is 16.7 Å². The summed E-state index contributed by atoms with van der Waals surface area (Å²) >= 11 is 12.9. The van der Waals surface area contributed by atoms with Gasteiger partial charge in [-0.1, -0.05) is 29.8 Å². The zero-order valence-electron chi connectivity index (χ0n) is 10.4. The molecule has 0 spiro atoms. The minimum Gasteiger partial charge on any atom is -0.487 e. The summed E-state index contributed by atoms with van der Waals surface area (Å²) in [6, 6.07) is 12.2. The van der Waals surface area contributed by atoms with Crippen molar-refractivity contribution in [2.24, 2.45) is 0 Å². The van der Waals surface area contributed by atoms with Crippen LogP contribution in [0.4, 0.5) is 0 Å². The van der Waals surface area contributed by atoms with Crippen LogP contribution < -0.4 is 4.74 Å². The Morgan fingerprint density at radius 3 is 2.32 bits per heavy atom. The molecule has 1 nitrogen and oxygen atoms in total. The molecule has 2 rings (SSSR count). The highest BCUT2D eigenvalue weighted by Crippen LogP contribution is 2.35. The predicted molar refractivity (Wildman–Crippen MR) is 86.9 cm³/mol. The molecule has 100 valence electrons. The Labute approximate surface area is 135 Å². The standard InChI is InChI=1S/C15H13Br2ClO/c1-10-3-2-4-11(5-10)9-19-15-13(16)6-12(8-18)7-14(15)17/h2-7H,8-9H2,1H3. The lowest BCUT2D eigenvalue weighted by molar-refractivity contribution is 0.302. The Morgan fingerprint density at radius 2 is 1.74 bits per heavy atom. The van der Waals surface area contributed by atoms with E-state index < -0.39 is 0 Å². The van der Waals surface area contributed by atoms with Gasteiger partial charge in [-0.25, -0.2) is 0 Å². The summed E-state index contributed by atoms with van der Waals surface area (Å²) < 4.78 is 7.69. The van der Waals surface area contributed by atoms with Crippen molar-refractivity contribution < 1.29 is 4.74 Å². The maximum absolute atomic E-state index is 5.87. The van der Waals surface area contributed by atoms with E-state index in [1.54, 1.807) is 0 Å². The Balaban J connectivity index is 2.16. The summed E-state index contributed by atoms with van der Waals surface area (Å²) in [5, 5.41) is 0. The highest BCUT2D eigenvalue weighted by atomic mass is 79.9. The Hall–Kier alpha value is -0.510. The van der Waals surface area contributed by atoms with Crippen LogP contribution in [-0.2, 0) is 12.5 Å². The first kappa shape index (κ1) is 14.9. The van der Waals surface area contributed by atoms with E-state index in [2.05, 4.69) is 57.0 Å². The number of hydrogen-bond acceptors (Lipinski definition) is 1. The molecule has 0 atom stereocenters. The Bertz CT molecular complexity index is 561. The van der Waals surface area contributed by atoms with Crippen molar-refractivity contribution in [3.8, 4) is 5.75 Å². The van der Waals surface area contributed by atoms with Crippen molar-refractivity contribution in [1.29, 1.82) is 0 Å². The summed E-state index contributed by atoms with van der Waals surface area (Å²) in [4.78, 5) is 0. The number of hydrogen-bond donors (Lipinski definition) is 0. The van der Waals surface area contributed by atoms with Crippen molar-refractivity contribution in [3.63, 3.8) is 0 Å². The molecule has 0 bridgehead atoms. The number of rotatable bonds is 4. The molecule has 2 aromatic rings. The number of aryl methyl sites for hydroxylation is 1. The average Bonchev–Trinajstić information content (AvgIpc) is 2.37. The highest BCUT2D eigenvalue weighted by molar-refractivity contribution is 9.11. The van der Waals surface area contributed by atoms with Crippen molar-refractivity contribution in [2.45, 2.75) is 19.4 Å². The molecule has 0 aliphatic heterocycles. The van der Waals surface area contributed by atoms with E-state index >= 15 is 0 Å². The van der Waals surface area contributed by atoms with Gasteiger partial charge in [0, 0.05) is 5.88 Å². The molecule has 0 amide bonds. The van der Waals surface area contributed by atoms with Crippen molar-refractivity contribution >= 4 is 43.5 Å². The Kier molecular flexibility index (Phi) is 5.31. The molecule has 2 aromatic carbocycles. The quantitative estimate of drug-likeness (QED) is 0.582. The third-order valence-electron chi connectivity index (χ3n) is 2.68. The van der Waals surface area contributed by atoms with Gasteiger partial charge >= 0.3 is 0 Å². The van der Waals surface area contributed by atoms with E-state index in [-0.39, 0.29) is 0 Å². The molecular weight excluding hydrogens is 391 g/mol. The minimum atomic E-state index is 0.482. The second-order valence-corrected chi connectivity index (χ2v) is 6.28. The van der Waals surface area contributed by atoms with Gasteiger partial charge < -0.3 is 4.74 Å². The number of halogens is 3. The summed E-state index contributed by atoms with van der Waals surface area (Å²) in [5.41, 5.74) is 3.43. The van der Waals surface area contributed by atoms with Crippen molar-refractivity contribution in [1.82, 2.24) is 0 Å². The van der Waals surface area contributed by atoms with E-state index in [0.29, 0.717) is 12.5 Å². The maximum Gasteiger partial charge on any atom is 0.148 e. The molecule has 0 radical (unpaired) electrons. The van der Waals surface area contributed by atoms with Gasteiger partial charge in [-0.2, -0.15) is 0 Å².